The summed E-state index contributed by atoms with van der Waals surface area (Å²) >= 11 is 0. The Morgan fingerprint density at radius 2 is 1.83 bits per heavy atom. The van der Waals surface area contributed by atoms with Crippen molar-refractivity contribution in [2.75, 3.05) is 26.2 Å². The maximum Gasteiger partial charge on any atom is 0.410 e. The van der Waals surface area contributed by atoms with Gasteiger partial charge in [-0.2, -0.15) is 0 Å². The maximum absolute atomic E-state index is 12.3. The molecule has 2 saturated heterocycles. The predicted molar refractivity (Wildman–Crippen MR) is 91.1 cm³/mol. The second-order valence-electron chi connectivity index (χ2n) is 7.91. The van der Waals surface area contributed by atoms with Crippen molar-refractivity contribution in [3.8, 4) is 0 Å². The highest BCUT2D eigenvalue weighted by Crippen LogP contribution is 2.32. The number of rotatable bonds is 2. The van der Waals surface area contributed by atoms with E-state index >= 15 is 0 Å². The van der Waals surface area contributed by atoms with Crippen LogP contribution >= 0.6 is 0 Å². The average Bonchev–Trinajstić information content (AvgIpc) is 2.90. The average molecular weight is 316 g/mol. The van der Waals surface area contributed by atoms with Gasteiger partial charge in [0.25, 0.3) is 0 Å². The van der Waals surface area contributed by atoms with Gasteiger partial charge in [0.2, 0.25) is 0 Å². The summed E-state index contributed by atoms with van der Waals surface area (Å²) in [7, 11) is 0. The van der Waals surface area contributed by atoms with Crippen LogP contribution in [0, 0.1) is 11.8 Å². The molecule has 0 bridgehead atoms. The number of carbonyl (C=O) groups is 1. The standard InChI is InChI=1S/C19H28N2O2/c1-19(2,3)23-18(22)21-13-16-9-10-20(12-17(16)14-21)11-15-7-5-4-6-8-15/h4-8,16-17H,9-14H2,1-3H3. The second-order valence-corrected chi connectivity index (χ2v) is 7.91. The van der Waals surface area contributed by atoms with E-state index in [2.05, 4.69) is 35.2 Å². The minimum absolute atomic E-state index is 0.151. The Kier molecular flexibility index (Phi) is 4.62. The highest BCUT2D eigenvalue weighted by Gasteiger charge is 2.40. The third kappa shape index (κ3) is 4.25. The molecule has 2 atom stereocenters. The lowest BCUT2D eigenvalue weighted by Gasteiger charge is -2.34. The third-order valence-electron chi connectivity index (χ3n) is 4.79. The van der Waals surface area contributed by atoms with E-state index in [1.54, 1.807) is 0 Å². The van der Waals surface area contributed by atoms with E-state index in [0.29, 0.717) is 11.8 Å². The fourth-order valence-electron chi connectivity index (χ4n) is 3.70. The molecule has 126 valence electrons. The monoisotopic (exact) mass is 316 g/mol. The van der Waals surface area contributed by atoms with Crippen LogP contribution in [0.3, 0.4) is 0 Å². The van der Waals surface area contributed by atoms with E-state index < -0.39 is 5.60 Å². The van der Waals surface area contributed by atoms with Gasteiger partial charge in [0.1, 0.15) is 5.60 Å². The number of hydrogen-bond donors (Lipinski definition) is 0. The Bertz CT molecular complexity index is 538. The van der Waals surface area contributed by atoms with Crippen LogP contribution in [0.15, 0.2) is 30.3 Å². The molecule has 2 aliphatic heterocycles. The van der Waals surface area contributed by atoms with E-state index in [9.17, 15) is 4.79 Å². The molecule has 2 fully saturated rings. The Morgan fingerprint density at radius 3 is 2.52 bits per heavy atom. The minimum Gasteiger partial charge on any atom is -0.444 e. The highest BCUT2D eigenvalue weighted by molar-refractivity contribution is 5.68. The third-order valence-corrected chi connectivity index (χ3v) is 4.79. The summed E-state index contributed by atoms with van der Waals surface area (Å²) in [6, 6.07) is 10.6. The number of piperidine rings is 1. The number of hydrogen-bond acceptors (Lipinski definition) is 3. The van der Waals surface area contributed by atoms with Gasteiger partial charge in [-0.15, -0.1) is 0 Å². The number of benzene rings is 1. The van der Waals surface area contributed by atoms with Crippen LogP contribution in [0.2, 0.25) is 0 Å². The highest BCUT2D eigenvalue weighted by atomic mass is 16.6. The number of amides is 1. The zero-order valence-corrected chi connectivity index (χ0v) is 14.5. The van der Waals surface area contributed by atoms with E-state index in [1.807, 2.05) is 25.7 Å². The van der Waals surface area contributed by atoms with Crippen molar-refractivity contribution in [1.29, 1.82) is 0 Å². The first-order valence-corrected chi connectivity index (χ1v) is 8.65. The van der Waals surface area contributed by atoms with Crippen LogP contribution in [-0.2, 0) is 11.3 Å². The molecule has 0 aromatic heterocycles. The summed E-state index contributed by atoms with van der Waals surface area (Å²) in [5.41, 5.74) is 0.956. The van der Waals surface area contributed by atoms with Crippen LogP contribution in [0.25, 0.3) is 0 Å². The summed E-state index contributed by atoms with van der Waals surface area (Å²) < 4.78 is 5.52. The zero-order chi connectivity index (χ0) is 16.4. The van der Waals surface area contributed by atoms with Gasteiger partial charge in [-0.1, -0.05) is 30.3 Å². The number of fused-ring (bicyclic) bond motifs is 1. The molecule has 0 spiro atoms. The van der Waals surface area contributed by atoms with Crippen LogP contribution in [0.4, 0.5) is 4.79 Å². The summed E-state index contributed by atoms with van der Waals surface area (Å²) in [5, 5.41) is 0. The van der Waals surface area contributed by atoms with Gasteiger partial charge in [0, 0.05) is 26.2 Å². The van der Waals surface area contributed by atoms with E-state index in [-0.39, 0.29) is 6.09 Å². The summed E-state index contributed by atoms with van der Waals surface area (Å²) in [6.07, 6.45) is 1.03. The molecule has 0 N–H and O–H groups in total. The van der Waals surface area contributed by atoms with Crippen molar-refractivity contribution in [3.63, 3.8) is 0 Å². The Balaban J connectivity index is 1.54. The van der Waals surface area contributed by atoms with Gasteiger partial charge < -0.3 is 9.64 Å². The fraction of sp³-hybridized carbons (Fsp3) is 0.632. The number of carbonyl (C=O) groups excluding carboxylic acids is 1. The molecule has 2 aliphatic rings. The molecule has 2 unspecified atom stereocenters. The SMILES string of the molecule is CC(C)(C)OC(=O)N1CC2CCN(Cc3ccccc3)CC2C1. The zero-order valence-electron chi connectivity index (χ0n) is 14.5. The van der Waals surface area contributed by atoms with Crippen LogP contribution < -0.4 is 0 Å². The molecule has 1 amide bonds. The van der Waals surface area contributed by atoms with Gasteiger partial charge in [0.05, 0.1) is 0 Å². The molecule has 23 heavy (non-hydrogen) atoms. The lowest BCUT2D eigenvalue weighted by Crippen LogP contribution is -2.39. The lowest BCUT2D eigenvalue weighted by molar-refractivity contribution is 0.0284. The predicted octanol–water partition coefficient (Wildman–Crippen LogP) is 3.38. The first-order valence-electron chi connectivity index (χ1n) is 8.65. The molecule has 2 heterocycles. The van der Waals surface area contributed by atoms with Gasteiger partial charge in [-0.25, -0.2) is 4.79 Å². The van der Waals surface area contributed by atoms with Crippen molar-refractivity contribution in [2.45, 2.75) is 39.3 Å². The molecule has 0 radical (unpaired) electrons. The van der Waals surface area contributed by atoms with Crippen LogP contribution in [0.5, 0.6) is 0 Å². The first kappa shape index (κ1) is 16.3. The molecule has 1 aromatic rings. The fourth-order valence-corrected chi connectivity index (χ4v) is 3.70. The van der Waals surface area contributed by atoms with Crippen molar-refractivity contribution in [2.24, 2.45) is 11.8 Å². The second kappa shape index (κ2) is 6.52. The molecule has 1 aromatic carbocycles. The molecular formula is C19H28N2O2. The van der Waals surface area contributed by atoms with Crippen molar-refractivity contribution < 1.29 is 9.53 Å². The summed E-state index contributed by atoms with van der Waals surface area (Å²) in [4.78, 5) is 16.7. The van der Waals surface area contributed by atoms with E-state index in [0.717, 1.165) is 32.7 Å². The largest absolute Gasteiger partial charge is 0.444 e. The molecule has 3 rings (SSSR count). The molecule has 0 aliphatic carbocycles. The summed E-state index contributed by atoms with van der Waals surface area (Å²) in [6.45, 7) is 10.7. The molecule has 4 nitrogen and oxygen atoms in total. The number of likely N-dealkylation sites (tertiary alicyclic amines) is 2. The van der Waals surface area contributed by atoms with Crippen LogP contribution in [0.1, 0.15) is 32.8 Å². The number of ether oxygens (including phenoxy) is 1. The first-order chi connectivity index (χ1) is 10.9. The van der Waals surface area contributed by atoms with Gasteiger partial charge in [0.15, 0.2) is 0 Å². The van der Waals surface area contributed by atoms with Gasteiger partial charge >= 0.3 is 6.09 Å². The molecular weight excluding hydrogens is 288 g/mol. The Hall–Kier alpha value is -1.55. The number of nitrogens with zero attached hydrogens (tertiary/aromatic N) is 2. The Morgan fingerprint density at radius 1 is 1.13 bits per heavy atom. The smallest absolute Gasteiger partial charge is 0.410 e. The molecule has 4 heteroatoms. The molecule has 0 saturated carbocycles. The Labute approximate surface area is 139 Å². The van der Waals surface area contributed by atoms with Gasteiger partial charge in [-0.3, -0.25) is 4.90 Å². The maximum atomic E-state index is 12.3. The normalized spacial score (nSPS) is 25.3. The summed E-state index contributed by atoms with van der Waals surface area (Å²) in [5.74, 6) is 1.22. The van der Waals surface area contributed by atoms with E-state index in [1.165, 1.54) is 12.0 Å². The van der Waals surface area contributed by atoms with Crippen LogP contribution in [-0.4, -0.2) is 47.7 Å². The quantitative estimate of drug-likeness (QED) is 0.838. The minimum atomic E-state index is -0.413. The van der Waals surface area contributed by atoms with Crippen molar-refractivity contribution >= 4 is 6.09 Å². The van der Waals surface area contributed by atoms with Crippen molar-refractivity contribution in [1.82, 2.24) is 9.80 Å². The lowest BCUT2D eigenvalue weighted by atomic mass is 9.88. The van der Waals surface area contributed by atoms with Crippen molar-refractivity contribution in [3.05, 3.63) is 35.9 Å². The van der Waals surface area contributed by atoms with E-state index in [4.69, 9.17) is 4.74 Å². The van der Waals surface area contributed by atoms with Gasteiger partial charge in [-0.05, 0) is 51.1 Å². The topological polar surface area (TPSA) is 32.8 Å².